The van der Waals surface area contributed by atoms with Gasteiger partial charge in [0.15, 0.2) is 6.29 Å². The number of fused-ring (bicyclic) bond motifs is 1. The Balaban J connectivity index is 1.39. The summed E-state index contributed by atoms with van der Waals surface area (Å²) in [5.74, 6) is -0.342. The van der Waals surface area contributed by atoms with Gasteiger partial charge in [-0.1, -0.05) is 70.5 Å². The summed E-state index contributed by atoms with van der Waals surface area (Å²) in [6.45, 7) is 2.55. The van der Waals surface area contributed by atoms with Crippen molar-refractivity contribution in [2.45, 2.75) is 47.9 Å². The topological polar surface area (TPSA) is 123 Å². The molecule has 1 aromatic carbocycles. The number of thioether (sulfide) groups is 1. The van der Waals surface area contributed by atoms with Crippen molar-refractivity contribution in [1.82, 2.24) is 30.3 Å². The first kappa shape index (κ1) is 29.5. The molecule has 4 aromatic rings. The largest absolute Gasteiger partial charge is 0.373 e. The highest BCUT2D eigenvalue weighted by Gasteiger charge is 2.52. The molecule has 5 heterocycles. The number of rotatable bonds is 8. The fraction of sp³-hybridized carbons (Fsp3) is 0.370. The van der Waals surface area contributed by atoms with Gasteiger partial charge in [-0.2, -0.15) is 0 Å². The average molecular weight is 650 g/mol. The van der Waals surface area contributed by atoms with E-state index >= 15 is 0 Å². The number of nitrogens with one attached hydrogen (secondary N) is 1. The maximum Gasteiger partial charge on any atom is 0.270 e. The van der Waals surface area contributed by atoms with Gasteiger partial charge in [0.2, 0.25) is 0 Å². The van der Waals surface area contributed by atoms with Crippen LogP contribution in [-0.2, 0) is 18.9 Å². The lowest BCUT2D eigenvalue weighted by molar-refractivity contribution is -0.309. The minimum absolute atomic E-state index is 0.230. The molecule has 0 bridgehead atoms. The first-order chi connectivity index (χ1) is 20.4. The summed E-state index contributed by atoms with van der Waals surface area (Å²) in [4.78, 5) is 21.8. The van der Waals surface area contributed by atoms with Gasteiger partial charge >= 0.3 is 0 Å². The van der Waals surface area contributed by atoms with Crippen molar-refractivity contribution in [1.29, 1.82) is 0 Å². The summed E-state index contributed by atoms with van der Waals surface area (Å²) in [6.07, 6.45) is 1.06. The van der Waals surface area contributed by atoms with E-state index in [0.717, 1.165) is 5.56 Å². The number of pyridine rings is 1. The molecular weight excluding hydrogens is 623 g/mol. The Labute approximate surface area is 259 Å². The van der Waals surface area contributed by atoms with E-state index in [1.165, 1.54) is 29.3 Å². The molecule has 0 spiro atoms. The molecule has 2 saturated heterocycles. The molecule has 1 N–H and O–H groups in total. The predicted molar refractivity (Wildman–Crippen MR) is 158 cm³/mol. The van der Waals surface area contributed by atoms with E-state index < -0.39 is 36.1 Å². The molecule has 11 nitrogen and oxygen atoms in total. The molecule has 15 heteroatoms. The third-order valence-electron chi connectivity index (χ3n) is 6.76. The zero-order valence-electron chi connectivity index (χ0n) is 22.4. The number of carbonyl (C=O) groups is 1. The van der Waals surface area contributed by atoms with E-state index in [9.17, 15) is 4.79 Å². The quantitative estimate of drug-likeness (QED) is 0.278. The maximum absolute atomic E-state index is 12.6. The number of aromatic nitrogens is 5. The number of ether oxygens (including phenoxy) is 4. The van der Waals surface area contributed by atoms with Gasteiger partial charge in [-0.15, -0.1) is 16.4 Å². The highest BCUT2D eigenvalue weighted by atomic mass is 35.5. The van der Waals surface area contributed by atoms with E-state index in [-0.39, 0.29) is 18.2 Å². The molecule has 1 amide bonds. The normalized spacial score (nSPS) is 25.6. The molecule has 2 aliphatic rings. The summed E-state index contributed by atoms with van der Waals surface area (Å²) in [7, 11) is 1.55. The summed E-state index contributed by atoms with van der Waals surface area (Å²) in [6, 6.07) is 10.9. The lowest BCUT2D eigenvalue weighted by atomic mass is 9.95. The van der Waals surface area contributed by atoms with Crippen molar-refractivity contribution in [2.75, 3.05) is 20.3 Å². The smallest absolute Gasteiger partial charge is 0.270 e. The second kappa shape index (κ2) is 12.9. The standard InChI is InChI=1S/C27H26Cl2N6O5S2/c1-3-37-23-21(35-11-16(33-34-35)25-32-19(29)13-41-25)22-17(12-38-26(40-22)14-7-5-4-6-8-14)39-27(23)42-18-9-15(28)10-31-20(18)24(36)30-2/h4-11,13,17,21-23,26-27H,3,12H2,1-2H3,(H,30,36)/t17?,21?,22-,23?,26?,27+/m0/s1. The van der Waals surface area contributed by atoms with Gasteiger partial charge in [0, 0.05) is 35.7 Å². The Hall–Kier alpha value is -2.62. The van der Waals surface area contributed by atoms with Crippen LogP contribution in [0.15, 0.2) is 59.1 Å². The van der Waals surface area contributed by atoms with Crippen LogP contribution in [0.1, 0.15) is 35.3 Å². The maximum atomic E-state index is 12.6. The van der Waals surface area contributed by atoms with E-state index in [0.29, 0.717) is 32.4 Å². The molecule has 6 atom stereocenters. The van der Waals surface area contributed by atoms with Crippen molar-refractivity contribution >= 4 is 52.2 Å². The first-order valence-electron chi connectivity index (χ1n) is 13.1. The Morgan fingerprint density at radius 2 is 2.10 bits per heavy atom. The van der Waals surface area contributed by atoms with Crippen molar-refractivity contribution in [3.63, 3.8) is 0 Å². The third kappa shape index (κ3) is 6.06. The number of halogens is 2. The van der Waals surface area contributed by atoms with Gasteiger partial charge in [-0.3, -0.25) is 4.79 Å². The number of hydrogen-bond donors (Lipinski definition) is 1. The molecule has 42 heavy (non-hydrogen) atoms. The fourth-order valence-corrected chi connectivity index (χ4v) is 7.32. The molecule has 0 aliphatic carbocycles. The van der Waals surface area contributed by atoms with Crippen LogP contribution in [-0.4, -0.2) is 74.9 Å². The van der Waals surface area contributed by atoms with Crippen molar-refractivity contribution < 1.29 is 23.7 Å². The van der Waals surface area contributed by atoms with Crippen LogP contribution < -0.4 is 5.32 Å². The molecule has 3 aromatic heterocycles. The van der Waals surface area contributed by atoms with Gasteiger partial charge in [-0.05, 0) is 13.0 Å². The summed E-state index contributed by atoms with van der Waals surface area (Å²) >= 11 is 15.0. The molecule has 2 fully saturated rings. The van der Waals surface area contributed by atoms with E-state index in [2.05, 4.69) is 25.6 Å². The number of benzene rings is 1. The summed E-state index contributed by atoms with van der Waals surface area (Å²) in [5, 5.41) is 14.7. The Morgan fingerprint density at radius 1 is 1.26 bits per heavy atom. The molecular formula is C27H26Cl2N6O5S2. The lowest BCUT2D eigenvalue weighted by Gasteiger charge is -2.49. The Bertz CT molecular complexity index is 1540. The minimum Gasteiger partial charge on any atom is -0.373 e. The van der Waals surface area contributed by atoms with Gasteiger partial charge in [-0.25, -0.2) is 14.6 Å². The number of hydrogen-bond acceptors (Lipinski definition) is 11. The van der Waals surface area contributed by atoms with Crippen molar-refractivity contribution in [2.24, 2.45) is 0 Å². The van der Waals surface area contributed by atoms with Crippen LogP contribution in [0, 0.1) is 0 Å². The molecule has 2 aliphatic heterocycles. The summed E-state index contributed by atoms with van der Waals surface area (Å²) < 4.78 is 27.4. The van der Waals surface area contributed by atoms with Crippen LogP contribution in [0.5, 0.6) is 0 Å². The van der Waals surface area contributed by atoms with E-state index in [1.807, 2.05) is 43.5 Å². The van der Waals surface area contributed by atoms with Gasteiger partial charge in [0.25, 0.3) is 5.91 Å². The van der Waals surface area contributed by atoms with Crippen LogP contribution in [0.4, 0.5) is 0 Å². The third-order valence-corrected chi connectivity index (χ3v) is 9.33. The second-order valence-corrected chi connectivity index (χ2v) is 12.2. The first-order valence-corrected chi connectivity index (χ1v) is 15.6. The highest BCUT2D eigenvalue weighted by molar-refractivity contribution is 8.00. The Morgan fingerprint density at radius 3 is 2.83 bits per heavy atom. The van der Waals surface area contributed by atoms with Gasteiger partial charge in [0.1, 0.15) is 51.3 Å². The number of thiazole rings is 1. The lowest BCUT2D eigenvalue weighted by Crippen LogP contribution is -2.59. The SMILES string of the molecule is CCOC1C(n2cc(-c3nc(Cl)cs3)nn2)[C@H]2OC(c3ccccc3)OCC2O[C@@H]1Sc1cc(Cl)cnc1C(=O)NC. The van der Waals surface area contributed by atoms with E-state index in [4.69, 9.17) is 42.1 Å². The predicted octanol–water partition coefficient (Wildman–Crippen LogP) is 5.04. The average Bonchev–Trinajstić information content (AvgIpc) is 3.67. The van der Waals surface area contributed by atoms with Crippen LogP contribution in [0.3, 0.4) is 0 Å². The Kier molecular flexibility index (Phi) is 9.07. The zero-order valence-corrected chi connectivity index (χ0v) is 25.6. The van der Waals surface area contributed by atoms with Gasteiger partial charge in [0.05, 0.1) is 17.8 Å². The number of carbonyl (C=O) groups excluding carboxylic acids is 1. The van der Waals surface area contributed by atoms with Crippen LogP contribution in [0.25, 0.3) is 10.7 Å². The zero-order chi connectivity index (χ0) is 29.2. The van der Waals surface area contributed by atoms with E-state index in [1.54, 1.807) is 23.2 Å². The number of nitrogens with zero attached hydrogens (tertiary/aromatic N) is 5. The minimum atomic E-state index is -0.609. The second-order valence-electron chi connectivity index (χ2n) is 9.39. The fourth-order valence-electron chi connectivity index (χ4n) is 4.93. The molecule has 0 saturated carbocycles. The summed E-state index contributed by atoms with van der Waals surface area (Å²) in [5.41, 5.74) is 1.08. The van der Waals surface area contributed by atoms with Crippen molar-refractivity contribution in [3.05, 3.63) is 75.6 Å². The number of amides is 1. The molecule has 0 radical (unpaired) electrons. The van der Waals surface area contributed by atoms with Gasteiger partial charge < -0.3 is 24.3 Å². The van der Waals surface area contributed by atoms with Crippen LogP contribution in [0.2, 0.25) is 10.2 Å². The van der Waals surface area contributed by atoms with Crippen molar-refractivity contribution in [3.8, 4) is 10.7 Å². The molecule has 6 rings (SSSR count). The van der Waals surface area contributed by atoms with Crippen LogP contribution >= 0.6 is 46.3 Å². The molecule has 220 valence electrons. The molecule has 4 unspecified atom stereocenters. The highest BCUT2D eigenvalue weighted by Crippen LogP contribution is 2.45. The monoisotopic (exact) mass is 648 g/mol.